The predicted molar refractivity (Wildman–Crippen MR) is 105 cm³/mol. The first-order valence-electron chi connectivity index (χ1n) is 8.47. The lowest BCUT2D eigenvalue weighted by Crippen LogP contribution is -2.19. The number of benzene rings is 2. The molecule has 0 amide bonds. The maximum absolute atomic E-state index is 12.0. The Morgan fingerprint density at radius 3 is 2.58 bits per heavy atom. The third kappa shape index (κ3) is 2.56. The Hall–Kier alpha value is -2.78. The fraction of sp³-hybridized carbons (Fsp3) is 0.250. The maximum Gasteiger partial charge on any atom is 0.120 e. The van der Waals surface area contributed by atoms with Crippen LogP contribution in [0, 0.1) is 11.3 Å². The minimum Gasteiger partial charge on any atom is -0.497 e. The summed E-state index contributed by atoms with van der Waals surface area (Å²) in [7, 11) is 2.67. The molecule has 0 bridgehead atoms. The molecule has 1 fully saturated rings. The van der Waals surface area contributed by atoms with E-state index in [0.29, 0.717) is 5.56 Å². The summed E-state index contributed by atoms with van der Waals surface area (Å²) < 4.78 is 21.3. The van der Waals surface area contributed by atoms with E-state index in [2.05, 4.69) is 6.07 Å². The van der Waals surface area contributed by atoms with Gasteiger partial charge in [-0.1, -0.05) is 12.1 Å². The van der Waals surface area contributed by atoms with Crippen molar-refractivity contribution in [2.24, 2.45) is 7.05 Å². The molecule has 2 aromatic carbocycles. The predicted octanol–water partition coefficient (Wildman–Crippen LogP) is 3.60. The lowest BCUT2D eigenvalue weighted by Gasteiger charge is -2.16. The average molecular weight is 365 g/mol. The van der Waals surface area contributed by atoms with Crippen molar-refractivity contribution in [2.45, 2.75) is 6.42 Å². The fourth-order valence-corrected chi connectivity index (χ4v) is 4.86. The molecule has 1 aliphatic heterocycles. The summed E-state index contributed by atoms with van der Waals surface area (Å²) in [5, 5.41) is 10.6. The number of aromatic nitrogens is 1. The van der Waals surface area contributed by atoms with Crippen LogP contribution in [0.4, 0.5) is 5.69 Å². The van der Waals surface area contributed by atoms with E-state index in [4.69, 9.17) is 4.74 Å². The normalized spacial score (nSPS) is 16.8. The van der Waals surface area contributed by atoms with Gasteiger partial charge in [-0.05, 0) is 36.2 Å². The van der Waals surface area contributed by atoms with Crippen LogP contribution in [0.2, 0.25) is 0 Å². The molecule has 0 radical (unpaired) electrons. The van der Waals surface area contributed by atoms with E-state index in [1.807, 2.05) is 58.4 Å². The van der Waals surface area contributed by atoms with Crippen LogP contribution in [0.1, 0.15) is 12.0 Å². The average Bonchev–Trinajstić information content (AvgIpc) is 3.22. The summed E-state index contributed by atoms with van der Waals surface area (Å²) in [5.41, 5.74) is 4.42. The summed E-state index contributed by atoms with van der Waals surface area (Å²) in [6.07, 6.45) is 0.956. The van der Waals surface area contributed by atoms with Crippen LogP contribution in [0.15, 0.2) is 42.5 Å². The van der Waals surface area contributed by atoms with Crippen molar-refractivity contribution in [3.63, 3.8) is 0 Å². The van der Waals surface area contributed by atoms with Gasteiger partial charge in [-0.2, -0.15) is 5.26 Å². The molecule has 0 aliphatic carbocycles. The van der Waals surface area contributed by atoms with E-state index >= 15 is 0 Å². The highest BCUT2D eigenvalue weighted by atomic mass is 32.2. The third-order valence-corrected chi connectivity index (χ3v) is 6.40. The SMILES string of the molecule is COc1ccc2c(C#N)c(-c3ccc(N4CCCS4=O)cc3)n(C)c2c1. The number of methoxy groups -OCH3 is 1. The molecule has 0 spiro atoms. The number of rotatable bonds is 3. The Morgan fingerprint density at radius 1 is 1.19 bits per heavy atom. The molecule has 3 aromatic rings. The molecule has 0 saturated carbocycles. The van der Waals surface area contributed by atoms with Gasteiger partial charge >= 0.3 is 0 Å². The highest BCUT2D eigenvalue weighted by molar-refractivity contribution is 7.86. The molecule has 1 saturated heterocycles. The third-order valence-electron chi connectivity index (χ3n) is 4.87. The molecule has 26 heavy (non-hydrogen) atoms. The summed E-state index contributed by atoms with van der Waals surface area (Å²) >= 11 is 0. The van der Waals surface area contributed by atoms with Gasteiger partial charge in [-0.3, -0.25) is 4.31 Å². The Balaban J connectivity index is 1.82. The molecular formula is C20H19N3O2S. The van der Waals surface area contributed by atoms with Crippen molar-refractivity contribution in [1.82, 2.24) is 4.57 Å². The lowest BCUT2D eigenvalue weighted by atomic mass is 10.1. The number of hydrogen-bond acceptors (Lipinski definition) is 3. The number of nitriles is 1. The molecule has 0 N–H and O–H groups in total. The van der Waals surface area contributed by atoms with Gasteiger partial charge in [0.05, 0.1) is 23.9 Å². The van der Waals surface area contributed by atoms with Crippen molar-refractivity contribution in [2.75, 3.05) is 23.7 Å². The number of nitrogens with zero attached hydrogens (tertiary/aromatic N) is 3. The number of fused-ring (bicyclic) bond motifs is 1. The lowest BCUT2D eigenvalue weighted by molar-refractivity contribution is 0.415. The highest BCUT2D eigenvalue weighted by Gasteiger charge is 2.21. The van der Waals surface area contributed by atoms with Crippen LogP contribution < -0.4 is 9.04 Å². The molecule has 1 aliphatic rings. The van der Waals surface area contributed by atoms with Crippen molar-refractivity contribution >= 4 is 27.6 Å². The molecular weight excluding hydrogens is 346 g/mol. The van der Waals surface area contributed by atoms with E-state index in [9.17, 15) is 9.47 Å². The monoisotopic (exact) mass is 365 g/mol. The second-order valence-electron chi connectivity index (χ2n) is 6.31. The smallest absolute Gasteiger partial charge is 0.120 e. The summed E-state index contributed by atoms with van der Waals surface area (Å²) in [6.45, 7) is 0.823. The first-order chi connectivity index (χ1) is 12.6. The van der Waals surface area contributed by atoms with E-state index in [1.165, 1.54) is 0 Å². The molecule has 132 valence electrons. The second kappa shape index (κ2) is 6.50. The van der Waals surface area contributed by atoms with Gasteiger partial charge in [0, 0.05) is 36.5 Å². The van der Waals surface area contributed by atoms with E-state index in [-0.39, 0.29) is 0 Å². The first-order valence-corrected chi connectivity index (χ1v) is 9.74. The summed E-state index contributed by atoms with van der Waals surface area (Å²) in [6, 6.07) is 16.1. The van der Waals surface area contributed by atoms with Crippen molar-refractivity contribution in [1.29, 1.82) is 5.26 Å². The Labute approximate surface area is 155 Å². The van der Waals surface area contributed by atoms with Crippen LogP contribution in [-0.4, -0.2) is 28.2 Å². The minimum absolute atomic E-state index is 0.655. The number of hydrogen-bond donors (Lipinski definition) is 0. The van der Waals surface area contributed by atoms with Crippen molar-refractivity contribution in [3.8, 4) is 23.1 Å². The van der Waals surface area contributed by atoms with E-state index in [1.54, 1.807) is 7.11 Å². The zero-order valence-electron chi connectivity index (χ0n) is 14.7. The topological polar surface area (TPSA) is 58.3 Å². The van der Waals surface area contributed by atoms with Crippen LogP contribution in [-0.2, 0) is 18.0 Å². The van der Waals surface area contributed by atoms with Crippen molar-refractivity contribution in [3.05, 3.63) is 48.0 Å². The van der Waals surface area contributed by atoms with Gasteiger partial charge in [0.1, 0.15) is 22.8 Å². The van der Waals surface area contributed by atoms with Crippen molar-refractivity contribution < 1.29 is 8.95 Å². The molecule has 1 atom stereocenters. The largest absolute Gasteiger partial charge is 0.497 e. The van der Waals surface area contributed by atoms with Gasteiger partial charge in [0.25, 0.3) is 0 Å². The second-order valence-corrected chi connectivity index (χ2v) is 7.80. The Kier molecular flexibility index (Phi) is 4.17. The number of ether oxygens (including phenoxy) is 1. The molecule has 5 nitrogen and oxygen atoms in total. The van der Waals surface area contributed by atoms with Gasteiger partial charge in [0.15, 0.2) is 0 Å². The molecule has 1 aromatic heterocycles. The van der Waals surface area contributed by atoms with Gasteiger partial charge in [0.2, 0.25) is 0 Å². The quantitative estimate of drug-likeness (QED) is 0.713. The maximum atomic E-state index is 12.0. The van der Waals surface area contributed by atoms with E-state index < -0.39 is 11.0 Å². The fourth-order valence-electron chi connectivity index (χ4n) is 3.57. The van der Waals surface area contributed by atoms with Crippen LogP contribution in [0.5, 0.6) is 5.75 Å². The van der Waals surface area contributed by atoms with Gasteiger partial charge in [-0.25, -0.2) is 4.21 Å². The van der Waals surface area contributed by atoms with Gasteiger partial charge in [-0.15, -0.1) is 0 Å². The zero-order chi connectivity index (χ0) is 18.3. The Bertz CT molecular complexity index is 1050. The number of aryl methyl sites for hydroxylation is 1. The molecule has 1 unspecified atom stereocenters. The molecule has 6 heteroatoms. The highest BCUT2D eigenvalue weighted by Crippen LogP contribution is 2.35. The standard InChI is InChI=1S/C20H19N3O2S/c1-22-19-12-16(25-2)8-9-17(19)18(13-21)20(22)14-4-6-15(7-5-14)23-10-3-11-26(23)24/h4-9,12H,3,10-11H2,1-2H3. The first kappa shape index (κ1) is 16.7. The zero-order valence-corrected chi connectivity index (χ0v) is 15.5. The molecule has 4 rings (SSSR count). The number of anilines is 1. The van der Waals surface area contributed by atoms with Crippen LogP contribution >= 0.6 is 0 Å². The Morgan fingerprint density at radius 2 is 1.96 bits per heavy atom. The van der Waals surface area contributed by atoms with Crippen LogP contribution in [0.3, 0.4) is 0 Å². The van der Waals surface area contributed by atoms with E-state index in [0.717, 1.165) is 52.3 Å². The summed E-state index contributed by atoms with van der Waals surface area (Å²) in [5.74, 6) is 1.49. The summed E-state index contributed by atoms with van der Waals surface area (Å²) in [4.78, 5) is 0. The van der Waals surface area contributed by atoms with Gasteiger partial charge < -0.3 is 9.30 Å². The van der Waals surface area contributed by atoms with Crippen LogP contribution in [0.25, 0.3) is 22.2 Å². The molecule has 2 heterocycles. The minimum atomic E-state index is -0.927.